The van der Waals surface area contributed by atoms with Crippen LogP contribution in [0.5, 0.6) is 0 Å². The molecule has 5 rings (SSSR count). The number of nitrogens with zero attached hydrogens (tertiary/aromatic N) is 5. The standard InChI is InChI=1S/C25H20ClN5O/c1-27-25(19-7-3-2-4-8-19)11-14-30(15-12-25)24(32)22-10-13-31-23(29-22)21(17-28-31)18-6-5-9-20(26)16-18/h2-10,13,16-17H,11-12,14-15H2. The molecule has 2 aromatic carbocycles. The second-order valence-electron chi connectivity index (χ2n) is 7.95. The maximum atomic E-state index is 13.2. The van der Waals surface area contributed by atoms with Crippen molar-refractivity contribution in [2.24, 2.45) is 0 Å². The van der Waals surface area contributed by atoms with Gasteiger partial charge in [0.15, 0.2) is 5.65 Å². The van der Waals surface area contributed by atoms with E-state index in [1.165, 1.54) is 0 Å². The number of hydrogen-bond donors (Lipinski definition) is 0. The fourth-order valence-corrected chi connectivity index (χ4v) is 4.49. The summed E-state index contributed by atoms with van der Waals surface area (Å²) in [5.74, 6) is -0.127. The molecule has 1 aliphatic heterocycles. The Morgan fingerprint density at radius 1 is 1.06 bits per heavy atom. The summed E-state index contributed by atoms with van der Waals surface area (Å²) in [6, 6.07) is 19.1. The Hall–Kier alpha value is -3.69. The molecule has 32 heavy (non-hydrogen) atoms. The largest absolute Gasteiger partial charge is 0.337 e. The van der Waals surface area contributed by atoms with Gasteiger partial charge in [0.05, 0.1) is 6.20 Å². The first kappa shape index (κ1) is 20.2. The number of carbonyl (C=O) groups excluding carboxylic acids is 1. The van der Waals surface area contributed by atoms with Crippen LogP contribution in [0.2, 0.25) is 5.02 Å². The number of piperidine rings is 1. The van der Waals surface area contributed by atoms with Gasteiger partial charge in [0.2, 0.25) is 0 Å². The molecule has 0 aliphatic carbocycles. The van der Waals surface area contributed by atoms with Crippen molar-refractivity contribution in [2.45, 2.75) is 18.4 Å². The van der Waals surface area contributed by atoms with E-state index >= 15 is 0 Å². The molecule has 0 saturated carbocycles. The molecule has 2 aromatic heterocycles. The Labute approximate surface area is 190 Å². The number of amides is 1. The van der Waals surface area contributed by atoms with E-state index in [1.807, 2.05) is 54.6 Å². The molecular weight excluding hydrogens is 422 g/mol. The first-order valence-electron chi connectivity index (χ1n) is 10.4. The highest BCUT2D eigenvalue weighted by Crippen LogP contribution is 2.37. The lowest BCUT2D eigenvalue weighted by Gasteiger charge is -2.34. The number of hydrogen-bond acceptors (Lipinski definition) is 3. The van der Waals surface area contributed by atoms with Crippen molar-refractivity contribution in [1.29, 1.82) is 0 Å². The molecule has 1 aliphatic rings. The van der Waals surface area contributed by atoms with E-state index in [0.717, 1.165) is 16.7 Å². The van der Waals surface area contributed by atoms with Gasteiger partial charge in [-0.2, -0.15) is 5.10 Å². The highest BCUT2D eigenvalue weighted by Gasteiger charge is 2.43. The normalized spacial score (nSPS) is 15.4. The minimum Gasteiger partial charge on any atom is -0.337 e. The SMILES string of the molecule is [C-]#[N+]C1(c2ccccc2)CCN(C(=O)c2ccn3ncc(-c4cccc(Cl)c4)c3n2)CC1. The average Bonchev–Trinajstić information content (AvgIpc) is 3.27. The van der Waals surface area contributed by atoms with Crippen molar-refractivity contribution < 1.29 is 4.79 Å². The summed E-state index contributed by atoms with van der Waals surface area (Å²) in [6.45, 7) is 8.84. The molecule has 3 heterocycles. The van der Waals surface area contributed by atoms with E-state index in [2.05, 4.69) is 14.9 Å². The van der Waals surface area contributed by atoms with Gasteiger partial charge in [0.25, 0.3) is 11.4 Å². The van der Waals surface area contributed by atoms with Crippen molar-refractivity contribution in [3.05, 3.63) is 101 Å². The molecule has 158 valence electrons. The lowest BCUT2D eigenvalue weighted by Crippen LogP contribution is -2.44. The van der Waals surface area contributed by atoms with Crippen LogP contribution in [0.25, 0.3) is 21.6 Å². The van der Waals surface area contributed by atoms with E-state index in [9.17, 15) is 4.79 Å². The number of halogens is 1. The lowest BCUT2D eigenvalue weighted by molar-refractivity contribution is 0.0682. The van der Waals surface area contributed by atoms with Gasteiger partial charge >= 0.3 is 0 Å². The summed E-state index contributed by atoms with van der Waals surface area (Å²) < 4.78 is 1.66. The van der Waals surface area contributed by atoms with Gasteiger partial charge in [-0.1, -0.05) is 54.1 Å². The molecular formula is C25H20ClN5O. The average molecular weight is 442 g/mol. The van der Waals surface area contributed by atoms with Gasteiger partial charge in [0, 0.05) is 48.3 Å². The van der Waals surface area contributed by atoms with Crippen LogP contribution in [0.15, 0.2) is 73.1 Å². The van der Waals surface area contributed by atoms with E-state index in [1.54, 1.807) is 27.9 Å². The van der Waals surface area contributed by atoms with Crippen LogP contribution in [0, 0.1) is 6.57 Å². The van der Waals surface area contributed by atoms with Crippen LogP contribution in [0.4, 0.5) is 0 Å². The van der Waals surface area contributed by atoms with Gasteiger partial charge in [-0.3, -0.25) is 4.79 Å². The topological polar surface area (TPSA) is 54.9 Å². The second kappa shape index (κ2) is 8.10. The fraction of sp³-hybridized carbons (Fsp3) is 0.200. The summed E-state index contributed by atoms with van der Waals surface area (Å²) in [5.41, 5.74) is 3.14. The number of benzene rings is 2. The minimum absolute atomic E-state index is 0.127. The smallest absolute Gasteiger partial charge is 0.272 e. The highest BCUT2D eigenvalue weighted by molar-refractivity contribution is 6.30. The van der Waals surface area contributed by atoms with Gasteiger partial charge in [-0.05, 0) is 23.8 Å². The third kappa shape index (κ3) is 3.51. The number of aromatic nitrogens is 3. The van der Waals surface area contributed by atoms with Gasteiger partial charge in [-0.15, -0.1) is 0 Å². The Balaban J connectivity index is 1.40. The third-order valence-corrected chi connectivity index (χ3v) is 6.36. The molecule has 0 spiro atoms. The van der Waals surface area contributed by atoms with Gasteiger partial charge in [0.1, 0.15) is 5.69 Å². The third-order valence-electron chi connectivity index (χ3n) is 6.13. The van der Waals surface area contributed by atoms with Crippen molar-refractivity contribution in [3.63, 3.8) is 0 Å². The molecule has 4 aromatic rings. The van der Waals surface area contributed by atoms with Crippen LogP contribution < -0.4 is 0 Å². The molecule has 0 unspecified atom stereocenters. The quantitative estimate of drug-likeness (QED) is 0.415. The lowest BCUT2D eigenvalue weighted by atomic mass is 9.81. The number of rotatable bonds is 3. The number of fused-ring (bicyclic) bond motifs is 1. The molecule has 0 atom stereocenters. The van der Waals surface area contributed by atoms with Crippen molar-refractivity contribution in [3.8, 4) is 11.1 Å². The van der Waals surface area contributed by atoms with Crippen LogP contribution in [0.3, 0.4) is 0 Å². The van der Waals surface area contributed by atoms with E-state index in [-0.39, 0.29) is 5.91 Å². The predicted octanol–water partition coefficient (Wildman–Crippen LogP) is 5.10. The molecule has 0 radical (unpaired) electrons. The molecule has 0 N–H and O–H groups in total. The molecule has 1 fully saturated rings. The van der Waals surface area contributed by atoms with E-state index in [4.69, 9.17) is 18.2 Å². The van der Waals surface area contributed by atoms with Crippen molar-refractivity contribution in [1.82, 2.24) is 19.5 Å². The van der Waals surface area contributed by atoms with Gasteiger partial charge in [-0.25, -0.2) is 16.1 Å². The van der Waals surface area contributed by atoms with Crippen LogP contribution in [-0.2, 0) is 5.54 Å². The molecule has 1 saturated heterocycles. The zero-order chi connectivity index (χ0) is 22.1. The van der Waals surface area contributed by atoms with Crippen molar-refractivity contribution in [2.75, 3.05) is 13.1 Å². The predicted molar refractivity (Wildman–Crippen MR) is 123 cm³/mol. The molecule has 6 nitrogen and oxygen atoms in total. The number of carbonyl (C=O) groups is 1. The van der Waals surface area contributed by atoms with Crippen LogP contribution in [-0.4, -0.2) is 38.5 Å². The zero-order valence-corrected chi connectivity index (χ0v) is 18.0. The maximum Gasteiger partial charge on any atom is 0.272 e. The summed E-state index contributed by atoms with van der Waals surface area (Å²) in [4.78, 5) is 23.6. The first-order valence-corrected chi connectivity index (χ1v) is 10.8. The summed E-state index contributed by atoms with van der Waals surface area (Å²) >= 11 is 6.15. The Kier molecular flexibility index (Phi) is 5.12. The summed E-state index contributed by atoms with van der Waals surface area (Å²) in [6.07, 6.45) is 4.69. The minimum atomic E-state index is -0.569. The zero-order valence-electron chi connectivity index (χ0n) is 17.3. The number of likely N-dealkylation sites (tertiary alicyclic amines) is 1. The Morgan fingerprint density at radius 3 is 2.56 bits per heavy atom. The van der Waals surface area contributed by atoms with E-state index in [0.29, 0.717) is 42.3 Å². The second-order valence-corrected chi connectivity index (χ2v) is 8.39. The van der Waals surface area contributed by atoms with E-state index < -0.39 is 5.54 Å². The van der Waals surface area contributed by atoms with Gasteiger partial charge < -0.3 is 9.74 Å². The molecule has 1 amide bonds. The van der Waals surface area contributed by atoms with Crippen molar-refractivity contribution >= 4 is 23.2 Å². The molecule has 0 bridgehead atoms. The maximum absolute atomic E-state index is 13.2. The fourth-order valence-electron chi connectivity index (χ4n) is 4.30. The monoisotopic (exact) mass is 441 g/mol. The summed E-state index contributed by atoms with van der Waals surface area (Å²) in [5, 5.41) is 4.98. The Bertz CT molecular complexity index is 1330. The highest BCUT2D eigenvalue weighted by atomic mass is 35.5. The van der Waals surface area contributed by atoms with Crippen LogP contribution in [0.1, 0.15) is 28.9 Å². The molecule has 7 heteroatoms. The summed E-state index contributed by atoms with van der Waals surface area (Å²) in [7, 11) is 0. The van der Waals surface area contributed by atoms with Crippen LogP contribution >= 0.6 is 11.6 Å². The first-order chi connectivity index (χ1) is 15.6. The Morgan fingerprint density at radius 2 is 1.84 bits per heavy atom.